The summed E-state index contributed by atoms with van der Waals surface area (Å²) in [6.45, 7) is 7.86. The summed E-state index contributed by atoms with van der Waals surface area (Å²) >= 11 is 0. The van der Waals surface area contributed by atoms with Gasteiger partial charge in [0.25, 0.3) is 5.91 Å². The summed E-state index contributed by atoms with van der Waals surface area (Å²) < 4.78 is 0. The number of aryl methyl sites for hydroxylation is 2. The van der Waals surface area contributed by atoms with Crippen LogP contribution in [0.3, 0.4) is 0 Å². The highest BCUT2D eigenvalue weighted by Gasteiger charge is 2.15. The number of nitrogens with zero attached hydrogens (tertiary/aromatic N) is 1. The van der Waals surface area contributed by atoms with Crippen LogP contribution in [0.4, 0.5) is 0 Å². The second-order valence-electron chi connectivity index (χ2n) is 4.69. The Morgan fingerprint density at radius 1 is 1.37 bits per heavy atom. The van der Waals surface area contributed by atoms with Crippen molar-refractivity contribution in [1.29, 1.82) is 0 Å². The van der Waals surface area contributed by atoms with E-state index in [0.717, 1.165) is 12.1 Å². The average Bonchev–Trinajstić information content (AvgIpc) is 2.68. The van der Waals surface area contributed by atoms with Gasteiger partial charge < -0.3 is 10.6 Å². The minimum atomic E-state index is -0.194. The fraction of sp³-hybridized carbons (Fsp3) is 0.615. The summed E-state index contributed by atoms with van der Waals surface area (Å²) in [5.74, 6) is -0.240. The van der Waals surface area contributed by atoms with E-state index < -0.39 is 0 Å². The van der Waals surface area contributed by atoms with Crippen LogP contribution in [-0.4, -0.2) is 34.6 Å². The fourth-order valence-corrected chi connectivity index (χ4v) is 1.71. The Labute approximate surface area is 113 Å². The molecule has 106 valence electrons. The van der Waals surface area contributed by atoms with Crippen LogP contribution in [0.15, 0.2) is 0 Å². The SMILES string of the molecule is CCC(C)NC(=O)CCNC(=O)c1c(C)n[nH]c1C. The maximum Gasteiger partial charge on any atom is 0.255 e. The monoisotopic (exact) mass is 266 g/mol. The molecule has 0 saturated heterocycles. The smallest absolute Gasteiger partial charge is 0.255 e. The van der Waals surface area contributed by atoms with Crippen molar-refractivity contribution >= 4 is 11.8 Å². The summed E-state index contributed by atoms with van der Waals surface area (Å²) in [4.78, 5) is 23.4. The van der Waals surface area contributed by atoms with Crippen LogP contribution >= 0.6 is 0 Å². The fourth-order valence-electron chi connectivity index (χ4n) is 1.71. The highest BCUT2D eigenvalue weighted by molar-refractivity contribution is 5.96. The first kappa shape index (κ1) is 15.2. The van der Waals surface area contributed by atoms with Crippen LogP contribution in [0.2, 0.25) is 0 Å². The average molecular weight is 266 g/mol. The Morgan fingerprint density at radius 3 is 2.58 bits per heavy atom. The zero-order valence-corrected chi connectivity index (χ0v) is 12.0. The van der Waals surface area contributed by atoms with E-state index in [-0.39, 0.29) is 24.3 Å². The van der Waals surface area contributed by atoms with Crippen molar-refractivity contribution in [3.8, 4) is 0 Å². The summed E-state index contributed by atoms with van der Waals surface area (Å²) in [6, 6.07) is 0.168. The molecule has 0 spiro atoms. The van der Waals surface area contributed by atoms with Crippen LogP contribution in [-0.2, 0) is 4.79 Å². The molecule has 3 N–H and O–H groups in total. The normalized spacial score (nSPS) is 12.0. The Kier molecular flexibility index (Phi) is 5.54. The largest absolute Gasteiger partial charge is 0.354 e. The first-order valence-electron chi connectivity index (χ1n) is 6.54. The predicted octanol–water partition coefficient (Wildman–Crippen LogP) is 1.06. The summed E-state index contributed by atoms with van der Waals surface area (Å²) in [5.41, 5.74) is 1.96. The van der Waals surface area contributed by atoms with Crippen molar-refractivity contribution in [3.63, 3.8) is 0 Å². The summed E-state index contributed by atoms with van der Waals surface area (Å²) in [6.07, 6.45) is 1.18. The van der Waals surface area contributed by atoms with Gasteiger partial charge in [0.05, 0.1) is 11.3 Å². The van der Waals surface area contributed by atoms with Gasteiger partial charge in [0.2, 0.25) is 5.91 Å². The number of hydrogen-bond acceptors (Lipinski definition) is 3. The molecule has 0 aliphatic carbocycles. The minimum Gasteiger partial charge on any atom is -0.354 e. The van der Waals surface area contributed by atoms with E-state index in [0.29, 0.717) is 17.8 Å². The van der Waals surface area contributed by atoms with Crippen molar-refractivity contribution in [1.82, 2.24) is 20.8 Å². The third-order valence-electron chi connectivity index (χ3n) is 3.01. The van der Waals surface area contributed by atoms with Gasteiger partial charge in [0.15, 0.2) is 0 Å². The molecule has 2 amide bonds. The molecule has 0 saturated carbocycles. The summed E-state index contributed by atoms with van der Waals surface area (Å²) in [5, 5.41) is 12.3. The van der Waals surface area contributed by atoms with E-state index in [9.17, 15) is 9.59 Å². The standard InChI is InChI=1S/C13H22N4O2/c1-5-8(2)15-11(18)6-7-14-13(19)12-9(3)16-17-10(12)4/h8H,5-7H2,1-4H3,(H,14,19)(H,15,18)(H,16,17). The van der Waals surface area contributed by atoms with Crippen molar-refractivity contribution < 1.29 is 9.59 Å². The second-order valence-corrected chi connectivity index (χ2v) is 4.69. The van der Waals surface area contributed by atoms with Gasteiger partial charge >= 0.3 is 0 Å². The van der Waals surface area contributed by atoms with E-state index in [2.05, 4.69) is 20.8 Å². The Morgan fingerprint density at radius 2 is 2.05 bits per heavy atom. The van der Waals surface area contributed by atoms with Gasteiger partial charge in [-0.2, -0.15) is 5.10 Å². The molecule has 1 heterocycles. The molecule has 1 rings (SSSR count). The van der Waals surface area contributed by atoms with Gasteiger partial charge in [-0.25, -0.2) is 0 Å². The van der Waals surface area contributed by atoms with Crippen LogP contribution in [0.1, 0.15) is 48.4 Å². The quantitative estimate of drug-likeness (QED) is 0.719. The Balaban J connectivity index is 2.38. The maximum absolute atomic E-state index is 11.9. The number of carbonyl (C=O) groups is 2. The molecule has 0 aromatic carbocycles. The highest BCUT2D eigenvalue weighted by Crippen LogP contribution is 2.08. The van der Waals surface area contributed by atoms with Crippen molar-refractivity contribution in [2.45, 2.75) is 46.6 Å². The maximum atomic E-state index is 11.9. The van der Waals surface area contributed by atoms with E-state index in [4.69, 9.17) is 0 Å². The van der Waals surface area contributed by atoms with E-state index in [1.807, 2.05) is 13.8 Å². The lowest BCUT2D eigenvalue weighted by molar-refractivity contribution is -0.121. The molecule has 1 aromatic heterocycles. The first-order chi connectivity index (χ1) is 8.95. The Hall–Kier alpha value is -1.85. The number of H-pyrrole nitrogens is 1. The molecular formula is C13H22N4O2. The van der Waals surface area contributed by atoms with Crippen LogP contribution in [0.25, 0.3) is 0 Å². The molecule has 0 bridgehead atoms. The zero-order chi connectivity index (χ0) is 14.4. The molecule has 6 heteroatoms. The molecule has 1 aromatic rings. The number of aromatic nitrogens is 2. The topological polar surface area (TPSA) is 86.9 Å². The molecular weight excluding hydrogens is 244 g/mol. The highest BCUT2D eigenvalue weighted by atomic mass is 16.2. The molecule has 0 radical (unpaired) electrons. The molecule has 0 aliphatic rings. The van der Waals surface area contributed by atoms with Crippen molar-refractivity contribution in [3.05, 3.63) is 17.0 Å². The number of aromatic amines is 1. The number of amides is 2. The molecule has 1 atom stereocenters. The first-order valence-corrected chi connectivity index (χ1v) is 6.54. The van der Waals surface area contributed by atoms with Gasteiger partial charge in [0, 0.05) is 24.7 Å². The molecule has 19 heavy (non-hydrogen) atoms. The van der Waals surface area contributed by atoms with Crippen molar-refractivity contribution in [2.24, 2.45) is 0 Å². The molecule has 1 unspecified atom stereocenters. The van der Waals surface area contributed by atoms with E-state index >= 15 is 0 Å². The number of nitrogens with one attached hydrogen (secondary N) is 3. The molecule has 0 aliphatic heterocycles. The van der Waals surface area contributed by atoms with Gasteiger partial charge in [-0.15, -0.1) is 0 Å². The molecule has 0 fully saturated rings. The lowest BCUT2D eigenvalue weighted by Crippen LogP contribution is -2.35. The van der Waals surface area contributed by atoms with E-state index in [1.165, 1.54) is 0 Å². The number of hydrogen-bond donors (Lipinski definition) is 3. The van der Waals surface area contributed by atoms with Gasteiger partial charge in [0.1, 0.15) is 0 Å². The third kappa shape index (κ3) is 4.39. The number of rotatable bonds is 6. The van der Waals surface area contributed by atoms with E-state index in [1.54, 1.807) is 13.8 Å². The molecule has 6 nitrogen and oxygen atoms in total. The van der Waals surface area contributed by atoms with Crippen LogP contribution in [0.5, 0.6) is 0 Å². The lowest BCUT2D eigenvalue weighted by Gasteiger charge is -2.11. The van der Waals surface area contributed by atoms with Gasteiger partial charge in [-0.1, -0.05) is 6.92 Å². The van der Waals surface area contributed by atoms with Gasteiger partial charge in [-0.3, -0.25) is 14.7 Å². The zero-order valence-electron chi connectivity index (χ0n) is 12.0. The minimum absolute atomic E-state index is 0.0460. The number of carbonyl (C=O) groups excluding carboxylic acids is 2. The van der Waals surface area contributed by atoms with Crippen molar-refractivity contribution in [2.75, 3.05) is 6.54 Å². The summed E-state index contributed by atoms with van der Waals surface area (Å²) in [7, 11) is 0. The van der Waals surface area contributed by atoms with Crippen LogP contribution < -0.4 is 10.6 Å². The third-order valence-corrected chi connectivity index (χ3v) is 3.01. The Bertz CT molecular complexity index is 434. The second kappa shape index (κ2) is 6.92. The van der Waals surface area contributed by atoms with Gasteiger partial charge in [-0.05, 0) is 27.2 Å². The van der Waals surface area contributed by atoms with Crippen LogP contribution in [0, 0.1) is 13.8 Å². The predicted molar refractivity (Wildman–Crippen MR) is 72.9 cm³/mol. The lowest BCUT2D eigenvalue weighted by atomic mass is 10.2.